The summed E-state index contributed by atoms with van der Waals surface area (Å²) >= 11 is 0. The van der Waals surface area contributed by atoms with Crippen LogP contribution in [0.2, 0.25) is 0 Å². The summed E-state index contributed by atoms with van der Waals surface area (Å²) in [6, 6.07) is 11.2. The Morgan fingerprint density at radius 3 is 2.96 bits per heavy atom. The number of fused-ring (bicyclic) bond motifs is 1. The van der Waals surface area contributed by atoms with Gasteiger partial charge in [0.15, 0.2) is 0 Å². The Labute approximate surface area is 155 Å². The summed E-state index contributed by atoms with van der Waals surface area (Å²) in [6.07, 6.45) is 6.81. The summed E-state index contributed by atoms with van der Waals surface area (Å²) in [4.78, 5) is 15.0. The molecule has 2 aliphatic heterocycles. The van der Waals surface area contributed by atoms with Crippen molar-refractivity contribution in [2.24, 2.45) is 0 Å². The Morgan fingerprint density at radius 1 is 1.27 bits per heavy atom. The van der Waals surface area contributed by atoms with E-state index in [0.717, 1.165) is 38.0 Å². The fourth-order valence-electron chi connectivity index (χ4n) is 4.28. The number of carbonyl (C=O) groups excluding carboxylic acids is 1. The first-order valence-corrected chi connectivity index (χ1v) is 9.82. The molecule has 1 fully saturated rings. The third-order valence-corrected chi connectivity index (χ3v) is 5.83. The largest absolute Gasteiger partial charge is 0.352 e. The van der Waals surface area contributed by atoms with E-state index in [1.54, 1.807) is 0 Å². The van der Waals surface area contributed by atoms with E-state index in [9.17, 15) is 4.79 Å². The molecule has 2 aliphatic rings. The van der Waals surface area contributed by atoms with Gasteiger partial charge in [-0.1, -0.05) is 30.3 Å². The van der Waals surface area contributed by atoms with Crippen molar-refractivity contribution in [2.45, 2.75) is 57.7 Å². The van der Waals surface area contributed by atoms with Crippen LogP contribution in [-0.2, 0) is 24.2 Å². The van der Waals surface area contributed by atoms with Gasteiger partial charge in [0, 0.05) is 43.0 Å². The molecule has 2 aromatic rings. The SMILES string of the molecule is CC(c1ccccc1)N1CCC(NC(=O)Cc2cnn3c2CCCC3)C1. The molecular weight excluding hydrogens is 324 g/mol. The minimum Gasteiger partial charge on any atom is -0.352 e. The molecule has 2 unspecified atom stereocenters. The molecule has 3 heterocycles. The molecule has 1 aromatic carbocycles. The van der Waals surface area contributed by atoms with Gasteiger partial charge in [0.1, 0.15) is 0 Å². The predicted molar refractivity (Wildman–Crippen MR) is 102 cm³/mol. The number of benzene rings is 1. The fraction of sp³-hybridized carbons (Fsp3) is 0.524. The molecule has 4 rings (SSSR count). The van der Waals surface area contributed by atoms with Gasteiger partial charge in [-0.05, 0) is 38.2 Å². The van der Waals surface area contributed by atoms with E-state index in [4.69, 9.17) is 0 Å². The molecule has 0 radical (unpaired) electrons. The van der Waals surface area contributed by atoms with Crippen LogP contribution < -0.4 is 5.32 Å². The molecule has 0 spiro atoms. The van der Waals surface area contributed by atoms with Crippen LogP contribution in [0.1, 0.15) is 49.0 Å². The Hall–Kier alpha value is -2.14. The van der Waals surface area contributed by atoms with Gasteiger partial charge in [-0.15, -0.1) is 0 Å². The van der Waals surface area contributed by atoms with Gasteiger partial charge in [-0.3, -0.25) is 14.4 Å². The normalized spacial score (nSPS) is 21.3. The molecule has 0 saturated carbocycles. The van der Waals surface area contributed by atoms with E-state index in [-0.39, 0.29) is 11.9 Å². The maximum Gasteiger partial charge on any atom is 0.224 e. The summed E-state index contributed by atoms with van der Waals surface area (Å²) in [5.74, 6) is 0.130. The lowest BCUT2D eigenvalue weighted by Crippen LogP contribution is -2.38. The first-order valence-electron chi connectivity index (χ1n) is 9.82. The number of hydrogen-bond acceptors (Lipinski definition) is 3. The number of carbonyl (C=O) groups is 1. The van der Waals surface area contributed by atoms with Crippen LogP contribution in [0, 0.1) is 0 Å². The van der Waals surface area contributed by atoms with Crippen LogP contribution in [-0.4, -0.2) is 39.7 Å². The lowest BCUT2D eigenvalue weighted by Gasteiger charge is -2.24. The van der Waals surface area contributed by atoms with Crippen LogP contribution in [0.4, 0.5) is 0 Å². The van der Waals surface area contributed by atoms with E-state index in [0.29, 0.717) is 12.5 Å². The van der Waals surface area contributed by atoms with Gasteiger partial charge < -0.3 is 5.32 Å². The van der Waals surface area contributed by atoms with Gasteiger partial charge in [0.2, 0.25) is 5.91 Å². The quantitative estimate of drug-likeness (QED) is 0.900. The molecule has 138 valence electrons. The van der Waals surface area contributed by atoms with Gasteiger partial charge in [0.25, 0.3) is 0 Å². The topological polar surface area (TPSA) is 50.2 Å². The van der Waals surface area contributed by atoms with E-state index in [2.05, 4.69) is 57.3 Å². The average molecular weight is 352 g/mol. The molecular formula is C21H28N4O. The van der Waals surface area contributed by atoms with Gasteiger partial charge >= 0.3 is 0 Å². The van der Waals surface area contributed by atoms with Gasteiger partial charge in [-0.25, -0.2) is 0 Å². The monoisotopic (exact) mass is 352 g/mol. The Kier molecular flexibility index (Phi) is 5.07. The molecule has 1 amide bonds. The lowest BCUT2D eigenvalue weighted by molar-refractivity contribution is -0.121. The summed E-state index contributed by atoms with van der Waals surface area (Å²) < 4.78 is 2.07. The van der Waals surface area contributed by atoms with Crippen molar-refractivity contribution in [3.63, 3.8) is 0 Å². The average Bonchev–Trinajstić information content (AvgIpc) is 3.29. The summed E-state index contributed by atoms with van der Waals surface area (Å²) in [5.41, 5.74) is 3.71. The van der Waals surface area contributed by atoms with E-state index < -0.39 is 0 Å². The Bertz CT molecular complexity index is 755. The molecule has 1 N–H and O–H groups in total. The highest BCUT2D eigenvalue weighted by molar-refractivity contribution is 5.79. The Morgan fingerprint density at radius 2 is 2.12 bits per heavy atom. The molecule has 5 nitrogen and oxygen atoms in total. The number of amides is 1. The fourth-order valence-corrected chi connectivity index (χ4v) is 4.28. The zero-order valence-corrected chi connectivity index (χ0v) is 15.5. The van der Waals surface area contributed by atoms with E-state index in [1.165, 1.54) is 24.1 Å². The maximum atomic E-state index is 12.5. The zero-order valence-electron chi connectivity index (χ0n) is 15.5. The second kappa shape index (κ2) is 7.62. The number of rotatable bonds is 5. The Balaban J connectivity index is 1.31. The number of likely N-dealkylation sites (tertiary alicyclic amines) is 1. The summed E-state index contributed by atoms with van der Waals surface area (Å²) in [5, 5.41) is 7.68. The van der Waals surface area contributed by atoms with Gasteiger partial charge in [-0.2, -0.15) is 5.10 Å². The van der Waals surface area contributed by atoms with Crippen molar-refractivity contribution >= 4 is 5.91 Å². The number of hydrogen-bond donors (Lipinski definition) is 1. The van der Waals surface area contributed by atoms with Crippen molar-refractivity contribution in [3.8, 4) is 0 Å². The second-order valence-corrected chi connectivity index (χ2v) is 7.61. The molecule has 2 atom stereocenters. The molecule has 1 saturated heterocycles. The molecule has 5 heteroatoms. The lowest BCUT2D eigenvalue weighted by atomic mass is 10.0. The standard InChI is InChI=1S/C21H28N4O/c1-16(17-7-3-2-4-8-17)24-12-10-19(15-24)23-21(26)13-18-14-22-25-11-6-5-9-20(18)25/h2-4,7-8,14,16,19H,5-6,9-13,15H2,1H3,(H,23,26). The summed E-state index contributed by atoms with van der Waals surface area (Å²) in [6.45, 7) is 5.20. The van der Waals surface area contributed by atoms with Crippen LogP contribution in [0.15, 0.2) is 36.5 Å². The van der Waals surface area contributed by atoms with E-state index >= 15 is 0 Å². The maximum absolute atomic E-state index is 12.5. The highest BCUT2D eigenvalue weighted by Crippen LogP contribution is 2.24. The molecule has 26 heavy (non-hydrogen) atoms. The number of aryl methyl sites for hydroxylation is 1. The number of aromatic nitrogens is 2. The predicted octanol–water partition coefficient (Wildman–Crippen LogP) is 2.71. The third kappa shape index (κ3) is 3.68. The highest BCUT2D eigenvalue weighted by Gasteiger charge is 2.28. The first-order chi connectivity index (χ1) is 12.7. The zero-order chi connectivity index (χ0) is 17.9. The number of nitrogens with zero attached hydrogens (tertiary/aromatic N) is 3. The minimum atomic E-state index is 0.130. The smallest absolute Gasteiger partial charge is 0.224 e. The van der Waals surface area contributed by atoms with Crippen LogP contribution in [0.25, 0.3) is 0 Å². The van der Waals surface area contributed by atoms with Crippen molar-refractivity contribution in [1.82, 2.24) is 20.0 Å². The van der Waals surface area contributed by atoms with Gasteiger partial charge in [0.05, 0.1) is 12.6 Å². The second-order valence-electron chi connectivity index (χ2n) is 7.61. The van der Waals surface area contributed by atoms with Crippen LogP contribution >= 0.6 is 0 Å². The van der Waals surface area contributed by atoms with Crippen molar-refractivity contribution in [1.29, 1.82) is 0 Å². The molecule has 0 aliphatic carbocycles. The third-order valence-electron chi connectivity index (χ3n) is 5.83. The van der Waals surface area contributed by atoms with Crippen molar-refractivity contribution < 1.29 is 4.79 Å². The minimum absolute atomic E-state index is 0.130. The molecule has 0 bridgehead atoms. The highest BCUT2D eigenvalue weighted by atomic mass is 16.1. The van der Waals surface area contributed by atoms with Crippen LogP contribution in [0.3, 0.4) is 0 Å². The van der Waals surface area contributed by atoms with Crippen LogP contribution in [0.5, 0.6) is 0 Å². The summed E-state index contributed by atoms with van der Waals surface area (Å²) in [7, 11) is 0. The first kappa shape index (κ1) is 17.3. The van der Waals surface area contributed by atoms with Crippen molar-refractivity contribution in [2.75, 3.05) is 13.1 Å². The van der Waals surface area contributed by atoms with E-state index in [1.807, 2.05) is 6.20 Å². The molecule has 1 aromatic heterocycles. The number of nitrogens with one attached hydrogen (secondary N) is 1. The van der Waals surface area contributed by atoms with Crippen molar-refractivity contribution in [3.05, 3.63) is 53.3 Å².